The lowest BCUT2D eigenvalue weighted by atomic mass is 9.76. The lowest BCUT2D eigenvalue weighted by Gasteiger charge is -2.43. The number of halogens is 1. The SMILES string of the molecule is CCCCC[Si@]1(c2ccccc2)CC[C@@H](C2CCC(OCBr)CC2)CC1. The van der Waals surface area contributed by atoms with E-state index in [1.165, 1.54) is 63.8 Å². The van der Waals surface area contributed by atoms with Crippen LogP contribution in [0, 0.1) is 11.8 Å². The van der Waals surface area contributed by atoms with Crippen LogP contribution in [-0.4, -0.2) is 19.7 Å². The van der Waals surface area contributed by atoms with Crippen LogP contribution in [0.3, 0.4) is 0 Å². The molecule has 2 aliphatic rings. The number of ether oxygens (including phenoxy) is 1. The van der Waals surface area contributed by atoms with Gasteiger partial charge in [-0.1, -0.05) is 109 Å². The Hall–Kier alpha value is -0.123. The van der Waals surface area contributed by atoms with Gasteiger partial charge in [-0.05, 0) is 37.5 Å². The summed E-state index contributed by atoms with van der Waals surface area (Å²) >= 11 is 3.42. The van der Waals surface area contributed by atoms with Crippen LogP contribution in [0.2, 0.25) is 18.1 Å². The molecule has 0 aromatic heterocycles. The zero-order valence-corrected chi connectivity index (χ0v) is 19.2. The van der Waals surface area contributed by atoms with Gasteiger partial charge in [0.1, 0.15) is 5.52 Å². The summed E-state index contributed by atoms with van der Waals surface area (Å²) in [6, 6.07) is 16.3. The first-order chi connectivity index (χ1) is 12.8. The maximum absolute atomic E-state index is 5.79. The maximum atomic E-state index is 5.79. The minimum absolute atomic E-state index is 0.515. The summed E-state index contributed by atoms with van der Waals surface area (Å²) < 4.78 is 5.79. The Bertz CT molecular complexity index is 504. The van der Waals surface area contributed by atoms with E-state index in [4.69, 9.17) is 4.74 Å². The van der Waals surface area contributed by atoms with Crippen LogP contribution in [0.5, 0.6) is 0 Å². The van der Waals surface area contributed by atoms with Crippen molar-refractivity contribution in [1.29, 1.82) is 0 Å². The average molecular weight is 438 g/mol. The third-order valence-electron chi connectivity index (χ3n) is 7.32. The van der Waals surface area contributed by atoms with Crippen molar-refractivity contribution >= 4 is 29.2 Å². The van der Waals surface area contributed by atoms with Crippen LogP contribution < -0.4 is 5.19 Å². The molecule has 1 aromatic carbocycles. The fourth-order valence-corrected chi connectivity index (χ4v) is 11.3. The van der Waals surface area contributed by atoms with Crippen molar-refractivity contribution in [2.75, 3.05) is 5.52 Å². The molecule has 26 heavy (non-hydrogen) atoms. The highest BCUT2D eigenvalue weighted by Gasteiger charge is 2.40. The molecule has 2 fully saturated rings. The van der Waals surface area contributed by atoms with Gasteiger partial charge in [0.15, 0.2) is 0 Å². The van der Waals surface area contributed by atoms with Gasteiger partial charge in [0.05, 0.1) is 14.2 Å². The van der Waals surface area contributed by atoms with E-state index in [1.807, 2.05) is 0 Å². The summed E-state index contributed by atoms with van der Waals surface area (Å²) in [5.74, 6) is 1.97. The number of hydrogen-bond donors (Lipinski definition) is 0. The van der Waals surface area contributed by atoms with E-state index >= 15 is 0 Å². The molecule has 0 unspecified atom stereocenters. The first-order valence-corrected chi connectivity index (χ1v) is 14.7. The van der Waals surface area contributed by atoms with Gasteiger partial charge < -0.3 is 4.74 Å². The molecule has 1 aliphatic carbocycles. The monoisotopic (exact) mass is 436 g/mol. The summed E-state index contributed by atoms with van der Waals surface area (Å²) in [5, 5.41) is 1.75. The lowest BCUT2D eigenvalue weighted by molar-refractivity contribution is 0.0381. The molecule has 1 nitrogen and oxygen atoms in total. The Morgan fingerprint density at radius 3 is 2.19 bits per heavy atom. The molecule has 1 heterocycles. The number of hydrogen-bond acceptors (Lipinski definition) is 1. The molecule has 1 aliphatic heterocycles. The minimum atomic E-state index is -1.26. The van der Waals surface area contributed by atoms with Crippen LogP contribution >= 0.6 is 15.9 Å². The molecule has 146 valence electrons. The molecule has 0 N–H and O–H groups in total. The van der Waals surface area contributed by atoms with Gasteiger partial charge in [-0.2, -0.15) is 0 Å². The number of rotatable bonds is 8. The maximum Gasteiger partial charge on any atom is 0.102 e. The molecule has 3 heteroatoms. The summed E-state index contributed by atoms with van der Waals surface area (Å²) in [4.78, 5) is 0. The third-order valence-corrected chi connectivity index (χ3v) is 12.9. The van der Waals surface area contributed by atoms with Crippen molar-refractivity contribution in [3.05, 3.63) is 30.3 Å². The van der Waals surface area contributed by atoms with Gasteiger partial charge in [0.2, 0.25) is 0 Å². The van der Waals surface area contributed by atoms with Crippen molar-refractivity contribution < 1.29 is 4.74 Å². The fourth-order valence-electron chi connectivity index (χ4n) is 5.67. The van der Waals surface area contributed by atoms with Crippen molar-refractivity contribution in [3.63, 3.8) is 0 Å². The predicted octanol–water partition coefficient (Wildman–Crippen LogP) is 6.87. The van der Waals surface area contributed by atoms with E-state index in [0.29, 0.717) is 11.6 Å². The van der Waals surface area contributed by atoms with Gasteiger partial charge in [-0.25, -0.2) is 0 Å². The van der Waals surface area contributed by atoms with E-state index in [9.17, 15) is 0 Å². The highest BCUT2D eigenvalue weighted by Crippen LogP contribution is 2.43. The fraction of sp³-hybridized carbons (Fsp3) is 0.739. The Morgan fingerprint density at radius 1 is 0.923 bits per heavy atom. The molecular formula is C23H37BrOSi. The molecule has 0 amide bonds. The molecule has 1 aromatic rings. The Kier molecular flexibility index (Phi) is 8.27. The van der Waals surface area contributed by atoms with Gasteiger partial charge in [0.25, 0.3) is 0 Å². The van der Waals surface area contributed by atoms with Gasteiger partial charge in [-0.15, -0.1) is 0 Å². The topological polar surface area (TPSA) is 9.23 Å². The summed E-state index contributed by atoms with van der Waals surface area (Å²) in [5.41, 5.74) is 0.703. The van der Waals surface area contributed by atoms with Crippen molar-refractivity contribution in [2.45, 2.75) is 88.9 Å². The second-order valence-electron chi connectivity index (χ2n) is 8.75. The third kappa shape index (κ3) is 5.23. The van der Waals surface area contributed by atoms with E-state index in [0.717, 1.165) is 11.8 Å². The van der Waals surface area contributed by atoms with E-state index in [2.05, 4.69) is 53.2 Å². The van der Waals surface area contributed by atoms with Gasteiger partial charge >= 0.3 is 0 Å². The molecule has 1 saturated carbocycles. The zero-order chi connectivity index (χ0) is 18.2. The van der Waals surface area contributed by atoms with Crippen molar-refractivity contribution in [2.24, 2.45) is 11.8 Å². The second-order valence-corrected chi connectivity index (χ2v) is 13.8. The summed E-state index contributed by atoms with van der Waals surface area (Å²) in [6.45, 7) is 2.34. The Morgan fingerprint density at radius 2 is 1.58 bits per heavy atom. The first kappa shape index (κ1) is 20.6. The minimum Gasteiger partial charge on any atom is -0.367 e. The largest absolute Gasteiger partial charge is 0.367 e. The van der Waals surface area contributed by atoms with Crippen LogP contribution in [0.4, 0.5) is 0 Å². The molecule has 3 rings (SSSR count). The quantitative estimate of drug-likeness (QED) is 0.245. The van der Waals surface area contributed by atoms with Gasteiger partial charge in [0, 0.05) is 0 Å². The molecule has 0 bridgehead atoms. The van der Waals surface area contributed by atoms with E-state index in [-0.39, 0.29) is 0 Å². The van der Waals surface area contributed by atoms with E-state index < -0.39 is 8.07 Å². The average Bonchev–Trinajstić information content (AvgIpc) is 2.70. The molecule has 0 spiro atoms. The Balaban J connectivity index is 1.58. The highest BCUT2D eigenvalue weighted by atomic mass is 79.9. The number of benzene rings is 1. The van der Waals surface area contributed by atoms with Gasteiger partial charge in [-0.3, -0.25) is 0 Å². The Labute approximate surface area is 170 Å². The van der Waals surface area contributed by atoms with Crippen LogP contribution in [-0.2, 0) is 4.74 Å². The van der Waals surface area contributed by atoms with Crippen LogP contribution in [0.25, 0.3) is 0 Å². The normalized spacial score (nSPS) is 32.5. The van der Waals surface area contributed by atoms with Crippen LogP contribution in [0.1, 0.15) is 64.7 Å². The smallest absolute Gasteiger partial charge is 0.102 e. The number of alkyl halides is 1. The second kappa shape index (κ2) is 10.4. The number of unbranched alkanes of at least 4 members (excludes halogenated alkanes) is 2. The molecule has 0 radical (unpaired) electrons. The predicted molar refractivity (Wildman–Crippen MR) is 119 cm³/mol. The van der Waals surface area contributed by atoms with Crippen molar-refractivity contribution in [1.82, 2.24) is 0 Å². The summed E-state index contributed by atoms with van der Waals surface area (Å²) in [7, 11) is -1.26. The van der Waals surface area contributed by atoms with Crippen LogP contribution in [0.15, 0.2) is 30.3 Å². The lowest BCUT2D eigenvalue weighted by Crippen LogP contribution is -2.50. The highest BCUT2D eigenvalue weighted by molar-refractivity contribution is 9.09. The zero-order valence-electron chi connectivity index (χ0n) is 16.6. The summed E-state index contributed by atoms with van der Waals surface area (Å²) in [6.07, 6.45) is 13.1. The van der Waals surface area contributed by atoms with Crippen molar-refractivity contribution in [3.8, 4) is 0 Å². The van der Waals surface area contributed by atoms with E-state index in [1.54, 1.807) is 17.3 Å². The first-order valence-electron chi connectivity index (χ1n) is 11.0. The molecule has 0 atom stereocenters. The molecule has 1 saturated heterocycles. The molecular weight excluding hydrogens is 400 g/mol. The standard InChI is InChI=1S/C23H37BrOSi/c1-2-3-7-16-26(23-8-5-4-6-9-23)17-14-21(15-18-26)20-10-12-22(13-11-20)25-19-24/h4-6,8-9,20-22H,2-3,7,10-19H2,1H3/t20?,21-,22?,26+.